The molecular weight excluding hydrogens is 292 g/mol. The maximum atomic E-state index is 11.9. The lowest BCUT2D eigenvalue weighted by Gasteiger charge is -2.18. The number of benzene rings is 1. The van der Waals surface area contributed by atoms with E-state index in [9.17, 15) is 4.79 Å². The molecule has 0 fully saturated rings. The fraction of sp³-hybridized carbons (Fsp3) is 0.500. The highest BCUT2D eigenvalue weighted by molar-refractivity contribution is 9.10. The molecular formula is C14H21BrN2O. The molecule has 2 atom stereocenters. The zero-order valence-electron chi connectivity index (χ0n) is 11.4. The Morgan fingerprint density at radius 2 is 2.06 bits per heavy atom. The van der Waals surface area contributed by atoms with E-state index in [1.807, 2.05) is 39.0 Å². The first-order valence-corrected chi connectivity index (χ1v) is 7.06. The lowest BCUT2D eigenvalue weighted by atomic mass is 10.2. The van der Waals surface area contributed by atoms with Crippen LogP contribution in [0.4, 0.5) is 5.69 Å². The van der Waals surface area contributed by atoms with Gasteiger partial charge in [-0.3, -0.25) is 4.79 Å². The van der Waals surface area contributed by atoms with Gasteiger partial charge >= 0.3 is 0 Å². The fourth-order valence-electron chi connectivity index (χ4n) is 1.52. The van der Waals surface area contributed by atoms with E-state index >= 15 is 0 Å². The van der Waals surface area contributed by atoms with Crippen molar-refractivity contribution in [1.29, 1.82) is 0 Å². The molecule has 0 aliphatic rings. The van der Waals surface area contributed by atoms with Crippen LogP contribution in [-0.2, 0) is 4.79 Å². The van der Waals surface area contributed by atoms with Gasteiger partial charge < -0.3 is 10.6 Å². The monoisotopic (exact) mass is 312 g/mol. The summed E-state index contributed by atoms with van der Waals surface area (Å²) >= 11 is 3.46. The Labute approximate surface area is 117 Å². The molecule has 4 heteroatoms. The summed E-state index contributed by atoms with van der Waals surface area (Å²) < 4.78 is 1.07. The topological polar surface area (TPSA) is 41.1 Å². The van der Waals surface area contributed by atoms with Crippen LogP contribution in [0, 0.1) is 6.92 Å². The van der Waals surface area contributed by atoms with Crippen molar-refractivity contribution < 1.29 is 4.79 Å². The molecule has 1 amide bonds. The number of hydrogen-bond acceptors (Lipinski definition) is 2. The van der Waals surface area contributed by atoms with Crippen molar-refractivity contribution >= 4 is 27.5 Å². The Kier molecular flexibility index (Phi) is 5.66. The van der Waals surface area contributed by atoms with Crippen molar-refractivity contribution in [3.63, 3.8) is 0 Å². The minimum Gasteiger partial charge on any atom is -0.374 e. The zero-order valence-corrected chi connectivity index (χ0v) is 13.0. The molecule has 1 aromatic carbocycles. The minimum absolute atomic E-state index is 0.0323. The van der Waals surface area contributed by atoms with Gasteiger partial charge in [0.1, 0.15) is 6.04 Å². The van der Waals surface area contributed by atoms with E-state index in [0.717, 1.165) is 22.1 Å². The van der Waals surface area contributed by atoms with Crippen molar-refractivity contribution in [2.45, 2.75) is 46.2 Å². The Hall–Kier alpha value is -1.03. The number of nitrogens with one attached hydrogen (secondary N) is 2. The molecule has 3 nitrogen and oxygen atoms in total. The number of amides is 1. The Bertz CT molecular complexity index is 420. The van der Waals surface area contributed by atoms with E-state index in [2.05, 4.69) is 33.5 Å². The third-order valence-corrected chi connectivity index (χ3v) is 3.83. The average molecular weight is 313 g/mol. The molecule has 18 heavy (non-hydrogen) atoms. The average Bonchev–Trinajstić information content (AvgIpc) is 2.33. The van der Waals surface area contributed by atoms with Crippen LogP contribution < -0.4 is 10.6 Å². The van der Waals surface area contributed by atoms with Crippen molar-refractivity contribution in [2.24, 2.45) is 0 Å². The van der Waals surface area contributed by atoms with Crippen LogP contribution in [0.15, 0.2) is 22.7 Å². The fourth-order valence-corrected chi connectivity index (χ4v) is 1.77. The molecule has 1 rings (SSSR count). The molecule has 0 spiro atoms. The zero-order chi connectivity index (χ0) is 13.7. The van der Waals surface area contributed by atoms with E-state index in [-0.39, 0.29) is 18.0 Å². The van der Waals surface area contributed by atoms with Crippen molar-refractivity contribution in [1.82, 2.24) is 5.32 Å². The maximum absolute atomic E-state index is 11.9. The van der Waals surface area contributed by atoms with Gasteiger partial charge in [-0.2, -0.15) is 0 Å². The second kappa shape index (κ2) is 6.78. The van der Waals surface area contributed by atoms with Crippen LogP contribution in [0.2, 0.25) is 0 Å². The predicted molar refractivity (Wildman–Crippen MR) is 79.9 cm³/mol. The molecule has 0 saturated heterocycles. The van der Waals surface area contributed by atoms with Crippen molar-refractivity contribution in [3.05, 3.63) is 28.2 Å². The van der Waals surface area contributed by atoms with Gasteiger partial charge in [-0.05, 0) is 51.0 Å². The summed E-state index contributed by atoms with van der Waals surface area (Å²) in [6, 6.07) is 5.95. The molecule has 0 heterocycles. The Balaban J connectivity index is 2.60. The lowest BCUT2D eigenvalue weighted by molar-refractivity contribution is -0.122. The second-order valence-corrected chi connectivity index (χ2v) is 5.50. The normalized spacial score (nSPS) is 13.8. The summed E-state index contributed by atoms with van der Waals surface area (Å²) in [5.74, 6) is 0.0323. The van der Waals surface area contributed by atoms with Crippen LogP contribution >= 0.6 is 15.9 Å². The third kappa shape index (κ3) is 4.33. The summed E-state index contributed by atoms with van der Waals surface area (Å²) in [5.41, 5.74) is 2.11. The van der Waals surface area contributed by atoms with Gasteiger partial charge in [-0.15, -0.1) is 0 Å². The summed E-state index contributed by atoms with van der Waals surface area (Å²) in [4.78, 5) is 11.9. The third-order valence-electron chi connectivity index (χ3n) is 2.94. The Morgan fingerprint density at radius 3 is 2.61 bits per heavy atom. The molecule has 2 N–H and O–H groups in total. The quantitative estimate of drug-likeness (QED) is 0.874. The van der Waals surface area contributed by atoms with E-state index in [1.54, 1.807) is 0 Å². The molecule has 0 aromatic heterocycles. The smallest absolute Gasteiger partial charge is 0.242 e. The number of carbonyl (C=O) groups excluding carboxylic acids is 1. The molecule has 0 saturated carbocycles. The highest BCUT2D eigenvalue weighted by atomic mass is 79.9. The Morgan fingerprint density at radius 1 is 1.39 bits per heavy atom. The van der Waals surface area contributed by atoms with E-state index in [1.165, 1.54) is 0 Å². The molecule has 0 aliphatic carbocycles. The highest BCUT2D eigenvalue weighted by Gasteiger charge is 2.14. The summed E-state index contributed by atoms with van der Waals surface area (Å²) in [7, 11) is 0. The van der Waals surface area contributed by atoms with Crippen molar-refractivity contribution in [2.75, 3.05) is 5.32 Å². The predicted octanol–water partition coefficient (Wildman–Crippen LogP) is 3.47. The standard InChI is InChI=1S/C14H21BrN2O/c1-5-10(3)16-14(18)11(4)17-12-6-7-13(15)9(2)8-12/h6-8,10-11,17H,5H2,1-4H3,(H,16,18). The number of halogens is 1. The highest BCUT2D eigenvalue weighted by Crippen LogP contribution is 2.20. The van der Waals surface area contributed by atoms with Crippen molar-refractivity contribution in [3.8, 4) is 0 Å². The molecule has 0 aliphatic heterocycles. The van der Waals surface area contributed by atoms with Crippen LogP contribution in [0.25, 0.3) is 0 Å². The van der Waals surface area contributed by atoms with Gasteiger partial charge in [0.15, 0.2) is 0 Å². The van der Waals surface area contributed by atoms with Gasteiger partial charge in [0, 0.05) is 16.2 Å². The molecule has 1 aromatic rings. The summed E-state index contributed by atoms with van der Waals surface area (Å²) in [6.45, 7) is 7.96. The van der Waals surface area contributed by atoms with Gasteiger partial charge in [0.25, 0.3) is 0 Å². The number of aryl methyl sites for hydroxylation is 1. The molecule has 0 bridgehead atoms. The minimum atomic E-state index is -0.237. The molecule has 100 valence electrons. The second-order valence-electron chi connectivity index (χ2n) is 4.65. The number of anilines is 1. The number of carbonyl (C=O) groups is 1. The molecule has 0 radical (unpaired) electrons. The first kappa shape index (κ1) is 15.0. The van der Waals surface area contributed by atoms with Gasteiger partial charge in [-0.1, -0.05) is 22.9 Å². The first-order valence-electron chi connectivity index (χ1n) is 6.27. The van der Waals surface area contributed by atoms with Crippen LogP contribution in [-0.4, -0.2) is 18.0 Å². The molecule has 2 unspecified atom stereocenters. The van der Waals surface area contributed by atoms with Crippen LogP contribution in [0.5, 0.6) is 0 Å². The number of rotatable bonds is 5. The first-order chi connectivity index (χ1) is 8.43. The van der Waals surface area contributed by atoms with Gasteiger partial charge in [0.05, 0.1) is 0 Å². The largest absolute Gasteiger partial charge is 0.374 e. The number of hydrogen-bond donors (Lipinski definition) is 2. The van der Waals surface area contributed by atoms with E-state index in [0.29, 0.717) is 0 Å². The summed E-state index contributed by atoms with van der Waals surface area (Å²) in [6.07, 6.45) is 0.940. The SMILES string of the molecule is CCC(C)NC(=O)C(C)Nc1ccc(Br)c(C)c1. The van der Waals surface area contributed by atoms with Crippen LogP contribution in [0.3, 0.4) is 0 Å². The van der Waals surface area contributed by atoms with Gasteiger partial charge in [0.2, 0.25) is 5.91 Å². The van der Waals surface area contributed by atoms with Gasteiger partial charge in [-0.25, -0.2) is 0 Å². The maximum Gasteiger partial charge on any atom is 0.242 e. The van der Waals surface area contributed by atoms with E-state index < -0.39 is 0 Å². The summed E-state index contributed by atoms with van der Waals surface area (Å²) in [5, 5.41) is 6.17. The van der Waals surface area contributed by atoms with E-state index in [4.69, 9.17) is 0 Å². The lowest BCUT2D eigenvalue weighted by Crippen LogP contribution is -2.41. The van der Waals surface area contributed by atoms with Crippen LogP contribution in [0.1, 0.15) is 32.8 Å².